The Morgan fingerprint density at radius 3 is 2.87 bits per heavy atom. The molecule has 2 aromatic carbocycles. The van der Waals surface area contributed by atoms with Crippen molar-refractivity contribution in [2.24, 2.45) is 0 Å². The van der Waals surface area contributed by atoms with E-state index in [0.717, 1.165) is 72.5 Å². The number of hydrogen-bond acceptors (Lipinski definition) is 5. The molecule has 3 aromatic rings. The van der Waals surface area contributed by atoms with Gasteiger partial charge in [-0.25, -0.2) is 4.39 Å². The van der Waals surface area contributed by atoms with Crippen molar-refractivity contribution in [3.8, 4) is 16.9 Å². The number of aromatic nitrogens is 1. The summed E-state index contributed by atoms with van der Waals surface area (Å²) in [5, 5.41) is 3.10. The third-order valence-corrected chi connectivity index (χ3v) is 6.04. The molecule has 5 rings (SSSR count). The highest BCUT2D eigenvalue weighted by Gasteiger charge is 2.29. The van der Waals surface area contributed by atoms with E-state index in [2.05, 4.69) is 27.3 Å². The van der Waals surface area contributed by atoms with Crippen molar-refractivity contribution < 1.29 is 13.9 Å². The van der Waals surface area contributed by atoms with E-state index in [1.165, 1.54) is 12.1 Å². The summed E-state index contributed by atoms with van der Waals surface area (Å²) < 4.78 is 19.1. The van der Waals surface area contributed by atoms with Crippen LogP contribution in [0.1, 0.15) is 29.9 Å². The Bertz CT molecular complexity index is 1090. The lowest BCUT2D eigenvalue weighted by molar-refractivity contribution is -0.112. The number of halogens is 1. The Morgan fingerprint density at radius 1 is 1.16 bits per heavy atom. The lowest BCUT2D eigenvalue weighted by atomic mass is 9.89. The number of ether oxygens (including phenoxy) is 1. The average molecular weight is 417 g/mol. The van der Waals surface area contributed by atoms with Gasteiger partial charge in [0.15, 0.2) is 6.29 Å². The molecule has 2 unspecified atom stereocenters. The highest BCUT2D eigenvalue weighted by Crippen LogP contribution is 2.41. The highest BCUT2D eigenvalue weighted by atomic mass is 19.1. The number of piperidine rings is 1. The van der Waals surface area contributed by atoms with Crippen LogP contribution in [0.5, 0.6) is 5.75 Å². The molecular weight excluding hydrogens is 393 g/mol. The van der Waals surface area contributed by atoms with E-state index < -0.39 is 6.23 Å². The largest absolute Gasteiger partial charge is 0.461 e. The molecule has 0 radical (unpaired) electrons. The lowest BCUT2D eigenvalue weighted by Gasteiger charge is -2.33. The molecule has 158 valence electrons. The Balaban J connectivity index is 1.31. The van der Waals surface area contributed by atoms with Gasteiger partial charge in [0.25, 0.3) is 0 Å². The fraction of sp³-hybridized carbons (Fsp3) is 0.280. The van der Waals surface area contributed by atoms with E-state index in [0.29, 0.717) is 5.92 Å². The maximum Gasteiger partial charge on any atom is 0.226 e. The first kappa shape index (κ1) is 19.7. The van der Waals surface area contributed by atoms with Crippen LogP contribution in [0.15, 0.2) is 60.9 Å². The number of anilines is 1. The second-order valence-corrected chi connectivity index (χ2v) is 8.21. The van der Waals surface area contributed by atoms with Crippen LogP contribution in [0.25, 0.3) is 11.1 Å². The summed E-state index contributed by atoms with van der Waals surface area (Å²) in [6.07, 6.45) is 6.10. The van der Waals surface area contributed by atoms with Gasteiger partial charge in [-0.1, -0.05) is 24.3 Å². The number of rotatable bonds is 5. The molecule has 1 saturated heterocycles. The first-order valence-electron chi connectivity index (χ1n) is 10.6. The normalized spacial score (nSPS) is 20.5. The highest BCUT2D eigenvalue weighted by molar-refractivity contribution is 5.73. The number of likely N-dealkylation sites (tertiary alicyclic amines) is 1. The van der Waals surface area contributed by atoms with Gasteiger partial charge in [0.1, 0.15) is 11.6 Å². The first-order chi connectivity index (χ1) is 15.2. The zero-order chi connectivity index (χ0) is 21.2. The van der Waals surface area contributed by atoms with Crippen LogP contribution < -0.4 is 10.1 Å². The molecule has 2 aliphatic heterocycles. The number of carbonyl (C=O) groups is 1. The van der Waals surface area contributed by atoms with E-state index in [9.17, 15) is 9.18 Å². The van der Waals surface area contributed by atoms with Crippen molar-refractivity contribution in [1.29, 1.82) is 0 Å². The van der Waals surface area contributed by atoms with Gasteiger partial charge in [-0.05, 0) is 54.8 Å². The van der Waals surface area contributed by atoms with Gasteiger partial charge in [0, 0.05) is 42.5 Å². The average Bonchev–Trinajstić information content (AvgIpc) is 3.23. The van der Waals surface area contributed by atoms with Crippen LogP contribution in [-0.4, -0.2) is 35.5 Å². The minimum atomic E-state index is -0.601. The third-order valence-electron chi connectivity index (χ3n) is 6.04. The number of carbonyl (C=O) groups excluding carboxylic acids is 1. The Labute approximate surface area is 180 Å². The van der Waals surface area contributed by atoms with Gasteiger partial charge in [0.05, 0.1) is 5.69 Å². The number of fused-ring (bicyclic) bond motifs is 1. The summed E-state index contributed by atoms with van der Waals surface area (Å²) in [6.45, 7) is 2.76. The number of pyridine rings is 1. The van der Waals surface area contributed by atoms with Gasteiger partial charge in [0.2, 0.25) is 6.23 Å². The lowest BCUT2D eigenvalue weighted by Crippen LogP contribution is -2.34. The van der Waals surface area contributed by atoms with Crippen LogP contribution in [-0.2, 0) is 11.3 Å². The van der Waals surface area contributed by atoms with E-state index >= 15 is 0 Å². The van der Waals surface area contributed by atoms with E-state index in [-0.39, 0.29) is 5.82 Å². The molecule has 1 N–H and O–H groups in total. The van der Waals surface area contributed by atoms with Crippen molar-refractivity contribution in [3.05, 3.63) is 77.9 Å². The van der Waals surface area contributed by atoms with Crippen LogP contribution in [0, 0.1) is 5.82 Å². The molecular formula is C25H24FN3O2. The molecule has 0 spiro atoms. The van der Waals surface area contributed by atoms with Crippen LogP contribution in [0.2, 0.25) is 0 Å². The minimum Gasteiger partial charge on any atom is -0.461 e. The molecule has 3 heterocycles. The molecule has 0 aliphatic carbocycles. The molecule has 5 nitrogen and oxygen atoms in total. The quantitative estimate of drug-likeness (QED) is 0.615. The number of hydrogen-bond donors (Lipinski definition) is 1. The van der Waals surface area contributed by atoms with Gasteiger partial charge >= 0.3 is 0 Å². The summed E-state index contributed by atoms with van der Waals surface area (Å²) in [6, 6.07) is 14.7. The zero-order valence-corrected chi connectivity index (χ0v) is 17.1. The van der Waals surface area contributed by atoms with E-state index in [1.54, 1.807) is 12.1 Å². The second-order valence-electron chi connectivity index (χ2n) is 8.21. The van der Waals surface area contributed by atoms with Gasteiger partial charge < -0.3 is 10.1 Å². The summed E-state index contributed by atoms with van der Waals surface area (Å²) in [5.41, 5.74) is 5.15. The molecule has 31 heavy (non-hydrogen) atoms. The van der Waals surface area contributed by atoms with Gasteiger partial charge in [-0.3, -0.25) is 14.7 Å². The Morgan fingerprint density at radius 2 is 2.03 bits per heavy atom. The standard InChI is InChI=1S/C25H24FN3O2/c26-21-8-6-18(7-9-21)20-11-17(12-27-13-20)14-29-10-2-3-19(15-29)22-4-1-5-23-25(22)31-24(16-30)28-23/h1,4-9,11-13,16,19,24,28H,2-3,10,14-15H2. The number of nitrogens with zero attached hydrogens (tertiary/aromatic N) is 2. The van der Waals surface area contributed by atoms with Gasteiger partial charge in [-0.15, -0.1) is 0 Å². The topological polar surface area (TPSA) is 54.5 Å². The monoisotopic (exact) mass is 417 g/mol. The van der Waals surface area contributed by atoms with Crippen molar-refractivity contribution in [2.45, 2.75) is 31.5 Å². The second kappa shape index (κ2) is 8.47. The molecule has 1 aromatic heterocycles. The fourth-order valence-electron chi connectivity index (χ4n) is 4.58. The fourth-order valence-corrected chi connectivity index (χ4v) is 4.58. The minimum absolute atomic E-state index is 0.238. The molecule has 2 atom stereocenters. The number of para-hydroxylation sites is 1. The van der Waals surface area contributed by atoms with E-state index in [1.807, 2.05) is 24.5 Å². The van der Waals surface area contributed by atoms with Crippen LogP contribution >= 0.6 is 0 Å². The molecule has 6 heteroatoms. The van der Waals surface area contributed by atoms with Gasteiger partial charge in [-0.2, -0.15) is 0 Å². The predicted octanol–water partition coefficient (Wildman–Crippen LogP) is 4.60. The predicted molar refractivity (Wildman–Crippen MR) is 117 cm³/mol. The molecule has 1 fully saturated rings. The molecule has 0 saturated carbocycles. The third kappa shape index (κ3) is 4.16. The zero-order valence-electron chi connectivity index (χ0n) is 17.1. The van der Waals surface area contributed by atoms with Crippen molar-refractivity contribution in [1.82, 2.24) is 9.88 Å². The summed E-state index contributed by atoms with van der Waals surface area (Å²) in [7, 11) is 0. The molecule has 2 aliphatic rings. The summed E-state index contributed by atoms with van der Waals surface area (Å²) in [5.74, 6) is 0.925. The summed E-state index contributed by atoms with van der Waals surface area (Å²) >= 11 is 0. The maximum absolute atomic E-state index is 13.2. The molecule has 0 amide bonds. The van der Waals surface area contributed by atoms with Crippen molar-refractivity contribution >= 4 is 12.0 Å². The number of aldehydes is 1. The Kier molecular flexibility index (Phi) is 5.38. The summed E-state index contributed by atoms with van der Waals surface area (Å²) in [4.78, 5) is 18.0. The van der Waals surface area contributed by atoms with Crippen LogP contribution in [0.4, 0.5) is 10.1 Å². The van der Waals surface area contributed by atoms with Crippen molar-refractivity contribution in [2.75, 3.05) is 18.4 Å². The van der Waals surface area contributed by atoms with E-state index in [4.69, 9.17) is 4.74 Å². The number of nitrogens with one attached hydrogen (secondary N) is 1. The maximum atomic E-state index is 13.2. The molecule has 0 bridgehead atoms. The smallest absolute Gasteiger partial charge is 0.226 e. The first-order valence-corrected chi connectivity index (χ1v) is 10.6. The SMILES string of the molecule is O=CC1Nc2cccc(C3CCCN(Cc4cncc(-c5ccc(F)cc5)c4)C3)c2O1. The van der Waals surface area contributed by atoms with Crippen LogP contribution in [0.3, 0.4) is 0 Å². The Hall–Kier alpha value is -3.25. The van der Waals surface area contributed by atoms with Crippen molar-refractivity contribution in [3.63, 3.8) is 0 Å². The number of benzene rings is 2.